The topological polar surface area (TPSA) is 149 Å². The van der Waals surface area contributed by atoms with Crippen LogP contribution in [0.4, 0.5) is 5.69 Å². The van der Waals surface area contributed by atoms with Crippen LogP contribution in [0.2, 0.25) is 0 Å². The van der Waals surface area contributed by atoms with Gasteiger partial charge in [0.25, 0.3) is 0 Å². The minimum atomic E-state index is -1.33. The van der Waals surface area contributed by atoms with Gasteiger partial charge in [-0.25, -0.2) is 4.98 Å². The van der Waals surface area contributed by atoms with Crippen molar-refractivity contribution in [3.63, 3.8) is 0 Å². The van der Waals surface area contributed by atoms with E-state index in [1.54, 1.807) is 49.4 Å². The van der Waals surface area contributed by atoms with E-state index in [1.165, 1.54) is 6.20 Å². The molecule has 10 heteroatoms. The molecule has 0 saturated heterocycles. The van der Waals surface area contributed by atoms with Crippen molar-refractivity contribution in [3.8, 4) is 17.0 Å². The third kappa shape index (κ3) is 5.26. The maximum atomic E-state index is 11.9. The molecule has 0 spiro atoms. The van der Waals surface area contributed by atoms with Gasteiger partial charge >= 0.3 is 0 Å². The number of benzene rings is 2. The Hall–Kier alpha value is -3.72. The van der Waals surface area contributed by atoms with Gasteiger partial charge in [0, 0.05) is 16.8 Å². The van der Waals surface area contributed by atoms with Gasteiger partial charge < -0.3 is 30.9 Å². The number of hydrogen-bond acceptors (Lipinski definition) is 7. The van der Waals surface area contributed by atoms with Crippen LogP contribution in [0.15, 0.2) is 48.7 Å². The zero-order valence-electron chi connectivity index (χ0n) is 17.0. The van der Waals surface area contributed by atoms with Gasteiger partial charge in [0.2, 0.25) is 0 Å². The lowest BCUT2D eigenvalue weighted by atomic mass is 10.0. The van der Waals surface area contributed by atoms with E-state index in [9.17, 15) is 15.1 Å². The molecule has 0 bridgehead atoms. The van der Waals surface area contributed by atoms with E-state index in [2.05, 4.69) is 10.3 Å². The van der Waals surface area contributed by atoms with Gasteiger partial charge in [-0.15, -0.1) is 12.4 Å². The Bertz CT molecular complexity index is 1080. The molecule has 0 aliphatic carbocycles. The molecule has 0 aliphatic heterocycles. The molecule has 1 atom stereocenters. The summed E-state index contributed by atoms with van der Waals surface area (Å²) in [5.41, 5.74) is 7.81. The molecule has 1 heterocycles. The van der Waals surface area contributed by atoms with Crippen LogP contribution >= 0.6 is 12.4 Å². The molecule has 3 rings (SSSR count). The molecule has 164 valence electrons. The average Bonchev–Trinajstić information content (AvgIpc) is 3.05. The zero-order valence-corrected chi connectivity index (χ0v) is 17.8. The van der Waals surface area contributed by atoms with Crippen LogP contribution in [-0.2, 0) is 4.79 Å². The molecule has 31 heavy (non-hydrogen) atoms. The number of aromatic nitrogens is 2. The fourth-order valence-electron chi connectivity index (χ4n) is 3.01. The zero-order chi connectivity index (χ0) is 21.8. The summed E-state index contributed by atoms with van der Waals surface area (Å²) in [7, 11) is 0. The van der Waals surface area contributed by atoms with Gasteiger partial charge in [-0.3, -0.25) is 5.41 Å². The number of hydrogen-bond donors (Lipinski definition) is 4. The quantitative estimate of drug-likeness (QED) is 0.236. The highest BCUT2D eigenvalue weighted by atomic mass is 35.5. The minimum absolute atomic E-state index is 0. The molecule has 0 radical (unpaired) electrons. The summed E-state index contributed by atoms with van der Waals surface area (Å²) in [4.78, 5) is 16.0. The summed E-state index contributed by atoms with van der Waals surface area (Å²) < 4.78 is 6.51. The van der Waals surface area contributed by atoms with E-state index >= 15 is 0 Å². The smallest absolute Gasteiger partial charge is 0.142 e. The third-order valence-electron chi connectivity index (χ3n) is 4.52. The fourth-order valence-corrected chi connectivity index (χ4v) is 3.01. The number of anilines is 1. The molecule has 1 unspecified atom stereocenters. The number of nitrogens with two attached hydrogens (primary N) is 1. The van der Waals surface area contributed by atoms with Crippen LogP contribution in [-0.4, -0.2) is 33.3 Å². The summed E-state index contributed by atoms with van der Waals surface area (Å²) in [5, 5.41) is 32.5. The normalized spacial score (nSPS) is 11.3. The highest BCUT2D eigenvalue weighted by Gasteiger charge is 2.18. The standard InChI is InChI=1S/C21H23N5O4.ClH/c1-3-30-17-9-14(18-11-24-12(2)26(18)29)8-15(10-17)19(21(27)28)25-16-6-4-13(5-7-16)20(22)23;/h4-11,19,25,29H,3H2,1-2H3,(H3,22,23)(H,27,28);1H/p-1. The molecule has 0 aliphatic rings. The first-order valence-electron chi connectivity index (χ1n) is 9.23. The largest absolute Gasteiger partial charge is 0.548 e. The number of imidazole rings is 1. The van der Waals surface area contributed by atoms with Gasteiger partial charge in [-0.2, -0.15) is 4.73 Å². The van der Waals surface area contributed by atoms with Gasteiger partial charge in [0.1, 0.15) is 23.1 Å². The van der Waals surface area contributed by atoms with E-state index in [1.807, 2.05) is 6.92 Å². The predicted molar refractivity (Wildman–Crippen MR) is 117 cm³/mol. The Morgan fingerprint density at radius 2 is 2.00 bits per heavy atom. The summed E-state index contributed by atoms with van der Waals surface area (Å²) in [6.07, 6.45) is 1.49. The number of ether oxygens (including phenoxy) is 1. The van der Waals surface area contributed by atoms with Crippen molar-refractivity contribution >= 4 is 29.9 Å². The number of rotatable bonds is 8. The summed E-state index contributed by atoms with van der Waals surface area (Å²) in [5.74, 6) is -0.570. The van der Waals surface area contributed by atoms with Crippen LogP contribution < -0.4 is 20.9 Å². The molecule has 0 fully saturated rings. The SMILES string of the molecule is CCOc1cc(-c2cnc(C)n2O)cc(C(Nc2ccc(C(=N)N)cc2)C(=O)[O-])c1.Cl. The number of aliphatic carboxylic acids is 1. The molecular weight excluding hydrogens is 422 g/mol. The first-order chi connectivity index (χ1) is 14.3. The number of carboxylic acids is 1. The molecule has 2 aromatic carbocycles. The van der Waals surface area contributed by atoms with Gasteiger partial charge in [0.05, 0.1) is 24.8 Å². The van der Waals surface area contributed by atoms with Crippen molar-refractivity contribution in [2.24, 2.45) is 5.73 Å². The first kappa shape index (κ1) is 23.6. The second-order valence-electron chi connectivity index (χ2n) is 6.61. The molecule has 5 N–H and O–H groups in total. The van der Waals surface area contributed by atoms with Crippen LogP contribution in [0.1, 0.15) is 29.9 Å². The van der Waals surface area contributed by atoms with E-state index in [-0.39, 0.29) is 18.2 Å². The lowest BCUT2D eigenvalue weighted by molar-refractivity contribution is -0.307. The van der Waals surface area contributed by atoms with Crippen LogP contribution in [0.5, 0.6) is 5.75 Å². The van der Waals surface area contributed by atoms with Crippen molar-refractivity contribution in [1.29, 1.82) is 5.41 Å². The maximum Gasteiger partial charge on any atom is 0.142 e. The number of nitrogens with one attached hydrogen (secondary N) is 2. The number of halogens is 1. The van der Waals surface area contributed by atoms with Crippen LogP contribution in [0.3, 0.4) is 0 Å². The predicted octanol–water partition coefficient (Wildman–Crippen LogP) is 2.10. The van der Waals surface area contributed by atoms with E-state index in [0.29, 0.717) is 46.3 Å². The lowest BCUT2D eigenvalue weighted by Crippen LogP contribution is -2.34. The van der Waals surface area contributed by atoms with Crippen LogP contribution in [0.25, 0.3) is 11.3 Å². The maximum absolute atomic E-state index is 11.9. The van der Waals surface area contributed by atoms with Crippen molar-refractivity contribution in [1.82, 2.24) is 9.71 Å². The second-order valence-corrected chi connectivity index (χ2v) is 6.61. The Morgan fingerprint density at radius 1 is 1.32 bits per heavy atom. The number of nitrogens with zero attached hydrogens (tertiary/aromatic N) is 2. The number of carbonyl (C=O) groups excluding carboxylic acids is 1. The van der Waals surface area contributed by atoms with E-state index < -0.39 is 12.0 Å². The summed E-state index contributed by atoms with van der Waals surface area (Å²) >= 11 is 0. The van der Waals surface area contributed by atoms with E-state index in [4.69, 9.17) is 15.9 Å². The Labute approximate surface area is 185 Å². The lowest BCUT2D eigenvalue weighted by Gasteiger charge is -2.23. The molecular formula is C21H23ClN5O4-. The molecule has 3 aromatic rings. The van der Waals surface area contributed by atoms with Crippen molar-refractivity contribution < 1.29 is 19.8 Å². The minimum Gasteiger partial charge on any atom is -0.548 e. The molecule has 0 saturated carbocycles. The highest BCUT2D eigenvalue weighted by Crippen LogP contribution is 2.30. The monoisotopic (exact) mass is 444 g/mol. The van der Waals surface area contributed by atoms with Crippen molar-refractivity contribution in [2.45, 2.75) is 19.9 Å². The molecule has 1 aromatic heterocycles. The summed E-state index contributed by atoms with van der Waals surface area (Å²) in [6, 6.07) is 10.2. The Kier molecular flexibility index (Phi) is 7.49. The van der Waals surface area contributed by atoms with Gasteiger partial charge in [0.15, 0.2) is 0 Å². The highest BCUT2D eigenvalue weighted by molar-refractivity contribution is 5.95. The number of aryl methyl sites for hydroxylation is 1. The summed E-state index contributed by atoms with van der Waals surface area (Å²) in [6.45, 7) is 3.85. The number of nitrogen functional groups attached to an aromatic ring is 1. The van der Waals surface area contributed by atoms with Crippen molar-refractivity contribution in [2.75, 3.05) is 11.9 Å². The fraction of sp³-hybridized carbons (Fsp3) is 0.190. The Balaban J connectivity index is 0.00000341. The first-order valence-corrected chi connectivity index (χ1v) is 9.23. The molecule has 0 amide bonds. The van der Waals surface area contributed by atoms with Gasteiger partial charge in [-0.1, -0.05) is 0 Å². The Morgan fingerprint density at radius 3 is 2.52 bits per heavy atom. The van der Waals surface area contributed by atoms with Crippen molar-refractivity contribution in [3.05, 3.63) is 65.6 Å². The molecule has 9 nitrogen and oxygen atoms in total. The third-order valence-corrected chi connectivity index (χ3v) is 4.52. The second kappa shape index (κ2) is 9.86. The van der Waals surface area contributed by atoms with E-state index in [0.717, 1.165) is 4.73 Å². The van der Waals surface area contributed by atoms with Gasteiger partial charge in [-0.05, 0) is 61.9 Å². The number of carbonyl (C=O) groups is 1. The average molecular weight is 445 g/mol. The van der Waals surface area contributed by atoms with Crippen LogP contribution in [0, 0.1) is 12.3 Å². The number of carboxylic acid groups (broad SMARTS) is 1. The number of amidine groups is 1.